The van der Waals surface area contributed by atoms with Crippen molar-refractivity contribution in [3.8, 4) is 6.07 Å². The fraction of sp³-hybridized carbons (Fsp3) is 0.846. The zero-order valence-electron chi connectivity index (χ0n) is 11.0. The predicted molar refractivity (Wildman–Crippen MR) is 65.1 cm³/mol. The van der Waals surface area contributed by atoms with E-state index in [4.69, 9.17) is 10.00 Å². The summed E-state index contributed by atoms with van der Waals surface area (Å²) < 4.78 is 5.14. The first kappa shape index (κ1) is 14.0. The van der Waals surface area contributed by atoms with Crippen LogP contribution in [0.1, 0.15) is 26.7 Å². The second-order valence-electron chi connectivity index (χ2n) is 5.10. The highest BCUT2D eigenvalue weighted by atomic mass is 16.5. The summed E-state index contributed by atoms with van der Waals surface area (Å²) in [7, 11) is 1.69. The second kappa shape index (κ2) is 6.61. The summed E-state index contributed by atoms with van der Waals surface area (Å²) in [6.07, 6.45) is 2.12. The number of hydrogen-bond donors (Lipinski definition) is 0. The van der Waals surface area contributed by atoms with E-state index in [1.54, 1.807) is 7.11 Å². The summed E-state index contributed by atoms with van der Waals surface area (Å²) in [6.45, 7) is 6.05. The highest BCUT2D eigenvalue weighted by molar-refractivity contribution is 5.81. The van der Waals surface area contributed by atoms with E-state index in [2.05, 4.69) is 6.07 Å². The molecule has 2 atom stereocenters. The largest absolute Gasteiger partial charge is 0.384 e. The number of rotatable bonds is 4. The molecule has 0 N–H and O–H groups in total. The number of hydrogen-bond acceptors (Lipinski definition) is 3. The van der Waals surface area contributed by atoms with Gasteiger partial charge in [-0.25, -0.2) is 0 Å². The van der Waals surface area contributed by atoms with Crippen molar-refractivity contribution in [3.05, 3.63) is 0 Å². The molecular weight excluding hydrogens is 216 g/mol. The molecule has 1 rings (SSSR count). The molecule has 0 aromatic carbocycles. The maximum absolute atomic E-state index is 12.2. The van der Waals surface area contributed by atoms with Gasteiger partial charge in [-0.3, -0.25) is 4.79 Å². The molecule has 1 aliphatic rings. The molecule has 1 amide bonds. The van der Waals surface area contributed by atoms with Gasteiger partial charge < -0.3 is 9.64 Å². The zero-order valence-corrected chi connectivity index (χ0v) is 11.0. The van der Waals surface area contributed by atoms with E-state index >= 15 is 0 Å². The molecule has 2 unspecified atom stereocenters. The Morgan fingerprint density at radius 2 is 2.29 bits per heavy atom. The lowest BCUT2D eigenvalue weighted by Gasteiger charge is -2.34. The van der Waals surface area contributed by atoms with Crippen LogP contribution in [0.2, 0.25) is 0 Å². The van der Waals surface area contributed by atoms with Crippen molar-refractivity contribution in [2.24, 2.45) is 17.8 Å². The Bertz CT molecular complexity index is 294. The van der Waals surface area contributed by atoms with Crippen molar-refractivity contribution in [1.29, 1.82) is 5.26 Å². The minimum Gasteiger partial charge on any atom is -0.384 e. The highest BCUT2D eigenvalue weighted by Gasteiger charge is 2.30. The summed E-state index contributed by atoms with van der Waals surface area (Å²) in [5.74, 6) is -0.0147. The van der Waals surface area contributed by atoms with Crippen molar-refractivity contribution < 1.29 is 9.53 Å². The van der Waals surface area contributed by atoms with Gasteiger partial charge in [-0.1, -0.05) is 13.8 Å². The van der Waals surface area contributed by atoms with Gasteiger partial charge in [0.25, 0.3) is 0 Å². The molecule has 0 saturated carbocycles. The Kier molecular flexibility index (Phi) is 5.43. The first-order chi connectivity index (χ1) is 8.10. The second-order valence-corrected chi connectivity index (χ2v) is 5.10. The molecule has 0 spiro atoms. The molecule has 0 bridgehead atoms. The van der Waals surface area contributed by atoms with Crippen molar-refractivity contribution in [2.45, 2.75) is 26.7 Å². The lowest BCUT2D eigenvalue weighted by atomic mass is 9.93. The van der Waals surface area contributed by atoms with Gasteiger partial charge in [-0.15, -0.1) is 0 Å². The Morgan fingerprint density at radius 3 is 2.82 bits per heavy atom. The molecule has 1 saturated heterocycles. The number of carbonyl (C=O) groups is 1. The molecule has 4 heteroatoms. The molecule has 0 radical (unpaired) electrons. The van der Waals surface area contributed by atoms with Crippen LogP contribution in [-0.2, 0) is 9.53 Å². The number of likely N-dealkylation sites (tertiary alicyclic amines) is 1. The minimum absolute atomic E-state index is 0.0108. The molecular formula is C13H22N2O2. The molecule has 96 valence electrons. The number of nitrogens with zero attached hydrogens (tertiary/aromatic N) is 2. The Hall–Kier alpha value is -1.08. The fourth-order valence-corrected chi connectivity index (χ4v) is 2.32. The van der Waals surface area contributed by atoms with Crippen molar-refractivity contribution in [3.63, 3.8) is 0 Å². The van der Waals surface area contributed by atoms with Gasteiger partial charge in [0.05, 0.1) is 12.7 Å². The maximum Gasteiger partial charge on any atom is 0.240 e. The SMILES string of the molecule is COCC1CCCN(C(=O)C(C#N)C(C)C)C1. The quantitative estimate of drug-likeness (QED) is 0.748. The van der Waals surface area contributed by atoms with Gasteiger partial charge >= 0.3 is 0 Å². The minimum atomic E-state index is -0.503. The summed E-state index contributed by atoms with van der Waals surface area (Å²) in [5, 5.41) is 9.04. The molecule has 0 aromatic rings. The first-order valence-electron chi connectivity index (χ1n) is 6.27. The van der Waals surface area contributed by atoms with Gasteiger partial charge in [0.15, 0.2) is 0 Å². The van der Waals surface area contributed by atoms with E-state index in [1.807, 2.05) is 18.7 Å². The molecule has 1 heterocycles. The van der Waals surface area contributed by atoms with Crippen molar-refractivity contribution >= 4 is 5.91 Å². The van der Waals surface area contributed by atoms with Crippen LogP contribution >= 0.6 is 0 Å². The van der Waals surface area contributed by atoms with Crippen LogP contribution in [0.15, 0.2) is 0 Å². The number of piperidine rings is 1. The lowest BCUT2D eigenvalue weighted by molar-refractivity contribution is -0.137. The molecule has 17 heavy (non-hydrogen) atoms. The molecule has 0 aromatic heterocycles. The highest BCUT2D eigenvalue weighted by Crippen LogP contribution is 2.21. The average molecular weight is 238 g/mol. The predicted octanol–water partition coefficient (Wildman–Crippen LogP) is 1.67. The maximum atomic E-state index is 12.2. The third-order valence-electron chi connectivity index (χ3n) is 3.30. The van der Waals surface area contributed by atoms with Gasteiger partial charge in [0, 0.05) is 20.2 Å². The summed E-state index contributed by atoms with van der Waals surface area (Å²) in [5.41, 5.74) is 0. The van der Waals surface area contributed by atoms with Crippen LogP contribution in [0.25, 0.3) is 0 Å². The summed E-state index contributed by atoms with van der Waals surface area (Å²) in [4.78, 5) is 14.0. The first-order valence-corrected chi connectivity index (χ1v) is 6.27. The topological polar surface area (TPSA) is 53.3 Å². The van der Waals surface area contributed by atoms with Gasteiger partial charge in [-0.2, -0.15) is 5.26 Å². The summed E-state index contributed by atoms with van der Waals surface area (Å²) >= 11 is 0. The van der Waals surface area contributed by atoms with E-state index in [0.29, 0.717) is 12.5 Å². The molecule has 1 fully saturated rings. The normalized spacial score (nSPS) is 22.3. The molecule has 0 aliphatic carbocycles. The van der Waals surface area contributed by atoms with Crippen LogP contribution in [0, 0.1) is 29.1 Å². The van der Waals surface area contributed by atoms with E-state index in [9.17, 15) is 4.79 Å². The Morgan fingerprint density at radius 1 is 1.59 bits per heavy atom. The van der Waals surface area contributed by atoms with Crippen LogP contribution in [0.4, 0.5) is 0 Å². The smallest absolute Gasteiger partial charge is 0.240 e. The van der Waals surface area contributed by atoms with Gasteiger partial charge in [0.2, 0.25) is 5.91 Å². The molecule has 4 nitrogen and oxygen atoms in total. The Labute approximate surface area is 104 Å². The van der Waals surface area contributed by atoms with E-state index in [-0.39, 0.29) is 11.8 Å². The zero-order chi connectivity index (χ0) is 12.8. The van der Waals surface area contributed by atoms with E-state index in [0.717, 1.165) is 25.9 Å². The van der Waals surface area contributed by atoms with E-state index < -0.39 is 5.92 Å². The van der Waals surface area contributed by atoms with Crippen molar-refractivity contribution in [2.75, 3.05) is 26.8 Å². The number of amides is 1. The van der Waals surface area contributed by atoms with Crippen LogP contribution in [0.3, 0.4) is 0 Å². The summed E-state index contributed by atoms with van der Waals surface area (Å²) in [6, 6.07) is 2.12. The van der Waals surface area contributed by atoms with Gasteiger partial charge in [0.1, 0.15) is 5.92 Å². The Balaban J connectivity index is 2.60. The fourth-order valence-electron chi connectivity index (χ4n) is 2.32. The van der Waals surface area contributed by atoms with Crippen molar-refractivity contribution in [1.82, 2.24) is 4.90 Å². The average Bonchev–Trinajstić information content (AvgIpc) is 2.30. The van der Waals surface area contributed by atoms with Crippen LogP contribution in [-0.4, -0.2) is 37.6 Å². The number of ether oxygens (including phenoxy) is 1. The molecule has 1 aliphatic heterocycles. The van der Waals surface area contributed by atoms with E-state index in [1.165, 1.54) is 0 Å². The van der Waals surface area contributed by atoms with Crippen LogP contribution in [0.5, 0.6) is 0 Å². The number of nitriles is 1. The van der Waals surface area contributed by atoms with Crippen LogP contribution < -0.4 is 0 Å². The monoisotopic (exact) mass is 238 g/mol. The third-order valence-corrected chi connectivity index (χ3v) is 3.30. The number of carbonyl (C=O) groups excluding carboxylic acids is 1. The lowest BCUT2D eigenvalue weighted by Crippen LogP contribution is -2.44. The van der Waals surface area contributed by atoms with Gasteiger partial charge in [-0.05, 0) is 24.7 Å². The standard InChI is InChI=1S/C13H22N2O2/c1-10(2)12(7-14)13(16)15-6-4-5-11(8-15)9-17-3/h10-12H,4-6,8-9H2,1-3H3. The number of methoxy groups -OCH3 is 1. The third kappa shape index (κ3) is 3.71.